The average molecular weight is 246 g/mol. The summed E-state index contributed by atoms with van der Waals surface area (Å²) in [6, 6.07) is 6.07. The van der Waals surface area contributed by atoms with Gasteiger partial charge in [0.25, 0.3) is 0 Å². The van der Waals surface area contributed by atoms with Crippen LogP contribution in [0.4, 0.5) is 10.5 Å². The van der Waals surface area contributed by atoms with Gasteiger partial charge in [0.05, 0.1) is 0 Å². The summed E-state index contributed by atoms with van der Waals surface area (Å²) in [6.45, 7) is 8.09. The van der Waals surface area contributed by atoms with Crippen molar-refractivity contribution in [3.8, 4) is 0 Å². The van der Waals surface area contributed by atoms with E-state index in [4.69, 9.17) is 0 Å². The topological polar surface area (TPSA) is 32.3 Å². The molecular weight excluding hydrogens is 224 g/mol. The van der Waals surface area contributed by atoms with E-state index in [0.717, 1.165) is 25.2 Å². The van der Waals surface area contributed by atoms with Crippen LogP contribution in [0.3, 0.4) is 0 Å². The van der Waals surface area contributed by atoms with Crippen molar-refractivity contribution >= 4 is 11.7 Å². The molecule has 2 rings (SSSR count). The molecule has 1 aliphatic rings. The normalized spacial score (nSPS) is 19.7. The quantitative estimate of drug-likeness (QED) is 0.807. The Labute approximate surface area is 109 Å². The zero-order valence-corrected chi connectivity index (χ0v) is 11.5. The number of hydrogen-bond acceptors (Lipinski definition) is 1. The number of urea groups is 1. The van der Waals surface area contributed by atoms with Crippen LogP contribution in [0.1, 0.15) is 30.9 Å². The number of carbonyl (C=O) groups is 1. The van der Waals surface area contributed by atoms with Gasteiger partial charge in [-0.2, -0.15) is 0 Å². The first-order valence-corrected chi connectivity index (χ1v) is 6.69. The molecule has 1 fully saturated rings. The lowest BCUT2D eigenvalue weighted by Crippen LogP contribution is -2.41. The lowest BCUT2D eigenvalue weighted by molar-refractivity contribution is 0.182. The zero-order chi connectivity index (χ0) is 13.1. The summed E-state index contributed by atoms with van der Waals surface area (Å²) in [5, 5.41) is 2.99. The number of rotatable bonds is 1. The van der Waals surface area contributed by atoms with Gasteiger partial charge in [-0.25, -0.2) is 4.79 Å². The van der Waals surface area contributed by atoms with Crippen molar-refractivity contribution in [3.63, 3.8) is 0 Å². The molecule has 1 aliphatic heterocycles. The summed E-state index contributed by atoms with van der Waals surface area (Å²) in [4.78, 5) is 14.0. The number of amides is 2. The van der Waals surface area contributed by atoms with E-state index < -0.39 is 0 Å². The smallest absolute Gasteiger partial charge is 0.321 e. The fourth-order valence-corrected chi connectivity index (χ4v) is 2.40. The molecule has 0 aromatic heterocycles. The van der Waals surface area contributed by atoms with Crippen molar-refractivity contribution in [1.82, 2.24) is 4.90 Å². The van der Waals surface area contributed by atoms with Crippen LogP contribution < -0.4 is 5.32 Å². The second-order valence-electron chi connectivity index (χ2n) is 5.42. The molecule has 1 aromatic carbocycles. The van der Waals surface area contributed by atoms with E-state index in [1.54, 1.807) is 0 Å². The third kappa shape index (κ3) is 3.03. The first-order chi connectivity index (χ1) is 8.56. The second-order valence-corrected chi connectivity index (χ2v) is 5.42. The van der Waals surface area contributed by atoms with E-state index in [1.807, 2.05) is 23.1 Å². The number of nitrogens with zero attached hydrogens (tertiary/aromatic N) is 1. The molecule has 1 heterocycles. The number of nitrogens with one attached hydrogen (secondary N) is 1. The molecule has 0 unspecified atom stereocenters. The Morgan fingerprint density at radius 3 is 2.78 bits per heavy atom. The van der Waals surface area contributed by atoms with Gasteiger partial charge in [-0.05, 0) is 55.9 Å². The SMILES string of the molecule is Cc1ccc(NC(=O)N2CCC[C@H](C)C2)cc1C. The number of benzene rings is 1. The fourth-order valence-electron chi connectivity index (χ4n) is 2.40. The molecule has 0 aliphatic carbocycles. The third-order valence-electron chi connectivity index (χ3n) is 3.70. The Hall–Kier alpha value is -1.51. The van der Waals surface area contributed by atoms with Gasteiger partial charge in [0.15, 0.2) is 0 Å². The van der Waals surface area contributed by atoms with Crippen LogP contribution in [0.25, 0.3) is 0 Å². The Balaban J connectivity index is 2.00. The third-order valence-corrected chi connectivity index (χ3v) is 3.70. The minimum atomic E-state index is 0.0322. The van der Waals surface area contributed by atoms with E-state index in [-0.39, 0.29) is 6.03 Å². The van der Waals surface area contributed by atoms with Crippen molar-refractivity contribution in [2.75, 3.05) is 18.4 Å². The van der Waals surface area contributed by atoms with Crippen molar-refractivity contribution in [2.24, 2.45) is 5.92 Å². The molecule has 0 radical (unpaired) electrons. The highest BCUT2D eigenvalue weighted by molar-refractivity contribution is 5.89. The maximum Gasteiger partial charge on any atom is 0.321 e. The summed E-state index contributed by atoms with van der Waals surface area (Å²) in [5.41, 5.74) is 3.35. The summed E-state index contributed by atoms with van der Waals surface area (Å²) in [5.74, 6) is 0.615. The molecule has 1 saturated heterocycles. The van der Waals surface area contributed by atoms with E-state index in [0.29, 0.717) is 5.92 Å². The summed E-state index contributed by atoms with van der Waals surface area (Å²) < 4.78 is 0. The van der Waals surface area contributed by atoms with Gasteiger partial charge in [-0.3, -0.25) is 0 Å². The fraction of sp³-hybridized carbons (Fsp3) is 0.533. The first-order valence-electron chi connectivity index (χ1n) is 6.69. The standard InChI is InChI=1S/C15H22N2O/c1-11-5-4-8-17(10-11)15(18)16-14-7-6-12(2)13(3)9-14/h6-7,9,11H,4-5,8,10H2,1-3H3,(H,16,18)/t11-/m0/s1. The molecule has 0 saturated carbocycles. The van der Waals surface area contributed by atoms with Crippen LogP contribution in [0.5, 0.6) is 0 Å². The number of likely N-dealkylation sites (tertiary alicyclic amines) is 1. The molecule has 3 nitrogen and oxygen atoms in total. The second kappa shape index (κ2) is 5.42. The Morgan fingerprint density at radius 1 is 1.33 bits per heavy atom. The van der Waals surface area contributed by atoms with E-state index in [1.165, 1.54) is 17.5 Å². The molecule has 2 amide bonds. The van der Waals surface area contributed by atoms with Gasteiger partial charge in [0, 0.05) is 18.8 Å². The zero-order valence-electron chi connectivity index (χ0n) is 11.5. The van der Waals surface area contributed by atoms with Crippen molar-refractivity contribution < 1.29 is 4.79 Å². The molecule has 1 atom stereocenters. The molecule has 0 bridgehead atoms. The highest BCUT2D eigenvalue weighted by Gasteiger charge is 2.20. The molecule has 3 heteroatoms. The van der Waals surface area contributed by atoms with Crippen LogP contribution in [-0.2, 0) is 0 Å². The Morgan fingerprint density at radius 2 is 2.11 bits per heavy atom. The highest BCUT2D eigenvalue weighted by Crippen LogP contribution is 2.18. The Bertz CT molecular complexity index is 442. The lowest BCUT2D eigenvalue weighted by atomic mass is 10.0. The van der Waals surface area contributed by atoms with Gasteiger partial charge in [0.1, 0.15) is 0 Å². The number of hydrogen-bond donors (Lipinski definition) is 1. The van der Waals surface area contributed by atoms with Crippen LogP contribution in [-0.4, -0.2) is 24.0 Å². The van der Waals surface area contributed by atoms with Gasteiger partial charge in [0.2, 0.25) is 0 Å². The van der Waals surface area contributed by atoms with Crippen LogP contribution in [0.2, 0.25) is 0 Å². The van der Waals surface area contributed by atoms with Crippen molar-refractivity contribution in [1.29, 1.82) is 0 Å². The molecule has 0 spiro atoms. The molecule has 1 aromatic rings. The van der Waals surface area contributed by atoms with Crippen molar-refractivity contribution in [3.05, 3.63) is 29.3 Å². The number of anilines is 1. The maximum atomic E-state index is 12.1. The van der Waals surface area contributed by atoms with Crippen molar-refractivity contribution in [2.45, 2.75) is 33.6 Å². The minimum Gasteiger partial charge on any atom is -0.324 e. The number of piperidine rings is 1. The molecular formula is C15H22N2O. The number of carbonyl (C=O) groups excluding carboxylic acids is 1. The monoisotopic (exact) mass is 246 g/mol. The van der Waals surface area contributed by atoms with Crippen LogP contribution >= 0.6 is 0 Å². The summed E-state index contributed by atoms with van der Waals surface area (Å²) >= 11 is 0. The summed E-state index contributed by atoms with van der Waals surface area (Å²) in [7, 11) is 0. The molecule has 1 N–H and O–H groups in total. The number of aryl methyl sites for hydroxylation is 2. The van der Waals surface area contributed by atoms with E-state index in [2.05, 4.69) is 26.1 Å². The van der Waals surface area contributed by atoms with Gasteiger partial charge < -0.3 is 10.2 Å². The molecule has 98 valence electrons. The molecule has 18 heavy (non-hydrogen) atoms. The maximum absolute atomic E-state index is 12.1. The largest absolute Gasteiger partial charge is 0.324 e. The van der Waals surface area contributed by atoms with Gasteiger partial charge in [-0.15, -0.1) is 0 Å². The van der Waals surface area contributed by atoms with E-state index >= 15 is 0 Å². The van der Waals surface area contributed by atoms with Crippen LogP contribution in [0.15, 0.2) is 18.2 Å². The minimum absolute atomic E-state index is 0.0322. The van der Waals surface area contributed by atoms with Crippen LogP contribution in [0, 0.1) is 19.8 Å². The Kier molecular flexibility index (Phi) is 3.90. The average Bonchev–Trinajstić information content (AvgIpc) is 2.34. The van der Waals surface area contributed by atoms with Gasteiger partial charge >= 0.3 is 6.03 Å². The summed E-state index contributed by atoms with van der Waals surface area (Å²) in [6.07, 6.45) is 2.34. The van der Waals surface area contributed by atoms with E-state index in [9.17, 15) is 4.79 Å². The lowest BCUT2D eigenvalue weighted by Gasteiger charge is -2.31. The van der Waals surface area contributed by atoms with Gasteiger partial charge in [-0.1, -0.05) is 13.0 Å². The predicted molar refractivity (Wildman–Crippen MR) is 74.9 cm³/mol. The highest BCUT2D eigenvalue weighted by atomic mass is 16.2. The first kappa shape index (κ1) is 12.9. The predicted octanol–water partition coefficient (Wildman–Crippen LogP) is 3.57.